The number of hydrogen-bond donors (Lipinski definition) is 2. The third-order valence-electron chi connectivity index (χ3n) is 4.59. The molecule has 1 aromatic carbocycles. The third kappa shape index (κ3) is 5.51. The van der Waals surface area contributed by atoms with Gasteiger partial charge in [0.25, 0.3) is 15.9 Å². The Morgan fingerprint density at radius 3 is 2.62 bits per heavy atom. The lowest BCUT2D eigenvalue weighted by Gasteiger charge is -2.31. The Bertz CT molecular complexity index is 1170. The second-order valence-electron chi connectivity index (χ2n) is 7.04. The Kier molecular flexibility index (Phi) is 6.61. The van der Waals surface area contributed by atoms with Crippen LogP contribution in [0.25, 0.3) is 16.0 Å². The van der Waals surface area contributed by atoms with E-state index in [1.165, 1.54) is 6.92 Å². The van der Waals surface area contributed by atoms with Crippen molar-refractivity contribution in [3.05, 3.63) is 47.9 Å². The quantitative estimate of drug-likeness (QED) is 0.524. The number of ether oxygens (including phenoxy) is 2. The molecule has 168 valence electrons. The smallest absolute Gasteiger partial charge is 0.415 e. The van der Waals surface area contributed by atoms with E-state index in [1.807, 2.05) is 24.3 Å². The van der Waals surface area contributed by atoms with Crippen molar-refractivity contribution in [1.29, 1.82) is 0 Å². The lowest BCUT2D eigenvalue weighted by Crippen LogP contribution is -2.47. The predicted octanol–water partition coefficient (Wildman–Crippen LogP) is 2.03. The van der Waals surface area contributed by atoms with Gasteiger partial charge in [0.05, 0.1) is 18.5 Å². The van der Waals surface area contributed by atoms with E-state index in [-0.39, 0.29) is 25.1 Å². The zero-order valence-electron chi connectivity index (χ0n) is 17.2. The lowest BCUT2D eigenvalue weighted by molar-refractivity contribution is -0.119. The molecule has 3 heterocycles. The molecule has 0 bridgehead atoms. The number of nitrogens with zero attached hydrogens (tertiary/aromatic N) is 3. The van der Waals surface area contributed by atoms with Crippen LogP contribution in [0.15, 0.2) is 36.5 Å². The van der Waals surface area contributed by atoms with E-state index in [4.69, 9.17) is 20.6 Å². The summed E-state index contributed by atoms with van der Waals surface area (Å²) in [7, 11) is -3.67. The number of benzene rings is 1. The maximum Gasteiger partial charge on any atom is 0.415 e. The van der Waals surface area contributed by atoms with Gasteiger partial charge < -0.3 is 19.6 Å². The van der Waals surface area contributed by atoms with Crippen LogP contribution in [0.1, 0.15) is 6.92 Å². The van der Waals surface area contributed by atoms with Crippen molar-refractivity contribution in [3.8, 4) is 16.9 Å². The van der Waals surface area contributed by atoms with Gasteiger partial charge in [-0.25, -0.2) is 4.79 Å². The molecule has 0 aliphatic carbocycles. The predicted molar refractivity (Wildman–Crippen MR) is 114 cm³/mol. The van der Waals surface area contributed by atoms with E-state index >= 15 is 0 Å². The minimum absolute atomic E-state index is 0.177. The van der Waals surface area contributed by atoms with E-state index in [2.05, 4.69) is 15.1 Å². The summed E-state index contributed by atoms with van der Waals surface area (Å²) in [5.74, 6) is 0.736. The summed E-state index contributed by atoms with van der Waals surface area (Å²) in [6.45, 7) is 8.92. The number of rotatable bonds is 3. The molecular weight excluding hydrogens is 440 g/mol. The molecule has 2 aliphatic rings. The highest BCUT2D eigenvalue weighted by molar-refractivity contribution is 7.85. The SMILES string of the molecule is CS(=O)(=O)O.[C-]#[N+]c1ccc(-c2ccc3c(c2)OC[C@H]2[C@H](CNC(C)=O)OC(=O)N32)cn1. The minimum atomic E-state index is -3.67. The molecular formula is C20H20N4O7S. The summed E-state index contributed by atoms with van der Waals surface area (Å²) in [6.07, 6.45) is 1.44. The molecule has 0 unspecified atom stereocenters. The Labute approximate surface area is 184 Å². The molecule has 2 aliphatic heterocycles. The van der Waals surface area contributed by atoms with Crippen LogP contribution in [0, 0.1) is 6.57 Å². The number of pyridine rings is 1. The Balaban J connectivity index is 0.000000523. The van der Waals surface area contributed by atoms with Gasteiger partial charge in [0.15, 0.2) is 0 Å². The topological polar surface area (TPSA) is 139 Å². The van der Waals surface area contributed by atoms with Crippen molar-refractivity contribution in [2.24, 2.45) is 0 Å². The maximum absolute atomic E-state index is 12.3. The molecule has 0 radical (unpaired) electrons. The summed E-state index contributed by atoms with van der Waals surface area (Å²) in [6, 6.07) is 8.70. The number of cyclic esters (lactones) is 1. The van der Waals surface area contributed by atoms with Crippen molar-refractivity contribution < 1.29 is 32.0 Å². The highest BCUT2D eigenvalue weighted by atomic mass is 32.2. The van der Waals surface area contributed by atoms with E-state index in [0.717, 1.165) is 11.1 Å². The molecule has 11 nitrogen and oxygen atoms in total. The molecule has 2 N–H and O–H groups in total. The van der Waals surface area contributed by atoms with E-state index < -0.39 is 22.3 Å². The monoisotopic (exact) mass is 460 g/mol. The zero-order valence-corrected chi connectivity index (χ0v) is 18.0. The largest absolute Gasteiger partial charge is 0.489 e. The number of nitrogens with one attached hydrogen (secondary N) is 1. The fraction of sp³-hybridized carbons (Fsp3) is 0.300. The first-order valence-electron chi connectivity index (χ1n) is 9.34. The highest BCUT2D eigenvalue weighted by Crippen LogP contribution is 2.40. The van der Waals surface area contributed by atoms with E-state index in [9.17, 15) is 18.0 Å². The van der Waals surface area contributed by atoms with Crippen LogP contribution in [0.4, 0.5) is 16.3 Å². The Hall–Kier alpha value is -3.69. The van der Waals surface area contributed by atoms with Crippen molar-refractivity contribution in [3.63, 3.8) is 0 Å². The van der Waals surface area contributed by atoms with Crippen LogP contribution >= 0.6 is 0 Å². The van der Waals surface area contributed by atoms with Crippen molar-refractivity contribution >= 4 is 33.6 Å². The number of carbonyl (C=O) groups excluding carboxylic acids is 2. The number of hydrogen-bond acceptors (Lipinski definition) is 7. The van der Waals surface area contributed by atoms with Crippen LogP contribution < -0.4 is 15.0 Å². The van der Waals surface area contributed by atoms with Gasteiger partial charge in [-0.05, 0) is 23.8 Å². The summed E-state index contributed by atoms with van der Waals surface area (Å²) < 4.78 is 37.2. The number of fused-ring (bicyclic) bond motifs is 3. The number of anilines is 1. The van der Waals surface area contributed by atoms with Crippen LogP contribution in [0.3, 0.4) is 0 Å². The molecule has 4 rings (SSSR count). The molecule has 12 heteroatoms. The van der Waals surface area contributed by atoms with Crippen LogP contribution in [-0.4, -0.2) is 61.5 Å². The first-order chi connectivity index (χ1) is 15.1. The molecule has 2 aromatic rings. The highest BCUT2D eigenvalue weighted by Gasteiger charge is 2.46. The van der Waals surface area contributed by atoms with Gasteiger partial charge >= 0.3 is 6.09 Å². The molecule has 2 amide bonds. The summed E-state index contributed by atoms with van der Waals surface area (Å²) in [4.78, 5) is 32.4. The zero-order chi connectivity index (χ0) is 23.5. The normalized spacial score (nSPS) is 18.7. The molecule has 0 saturated carbocycles. The molecule has 1 fully saturated rings. The molecule has 0 spiro atoms. The van der Waals surface area contributed by atoms with Gasteiger partial charge in [-0.15, -0.1) is 4.98 Å². The summed E-state index contributed by atoms with van der Waals surface area (Å²) in [5.41, 5.74) is 2.36. The molecule has 1 saturated heterocycles. The van der Waals surface area contributed by atoms with Crippen LogP contribution in [0.5, 0.6) is 5.75 Å². The average molecular weight is 460 g/mol. The van der Waals surface area contributed by atoms with Gasteiger partial charge in [-0.3, -0.25) is 14.2 Å². The van der Waals surface area contributed by atoms with E-state index in [0.29, 0.717) is 23.5 Å². The van der Waals surface area contributed by atoms with Gasteiger partial charge in [0.1, 0.15) is 30.7 Å². The van der Waals surface area contributed by atoms with Crippen LogP contribution in [0.2, 0.25) is 0 Å². The fourth-order valence-electron chi connectivity index (χ4n) is 3.25. The van der Waals surface area contributed by atoms with Crippen molar-refractivity contribution in [2.45, 2.75) is 19.1 Å². The summed E-state index contributed by atoms with van der Waals surface area (Å²) >= 11 is 0. The summed E-state index contributed by atoms with van der Waals surface area (Å²) in [5, 5.41) is 2.68. The Morgan fingerprint density at radius 2 is 2.03 bits per heavy atom. The molecule has 1 aromatic heterocycles. The van der Waals surface area contributed by atoms with Gasteiger partial charge in [-0.2, -0.15) is 8.42 Å². The van der Waals surface area contributed by atoms with Crippen molar-refractivity contribution in [2.75, 3.05) is 24.3 Å². The number of amides is 2. The van der Waals surface area contributed by atoms with Gasteiger partial charge in [-0.1, -0.05) is 18.7 Å². The second kappa shape index (κ2) is 9.21. The number of aromatic nitrogens is 1. The Morgan fingerprint density at radius 1 is 1.34 bits per heavy atom. The second-order valence-corrected chi connectivity index (χ2v) is 8.51. The first-order valence-corrected chi connectivity index (χ1v) is 11.2. The third-order valence-corrected chi connectivity index (χ3v) is 4.59. The minimum Gasteiger partial charge on any atom is -0.489 e. The fourth-order valence-corrected chi connectivity index (χ4v) is 3.25. The van der Waals surface area contributed by atoms with Gasteiger partial charge in [0, 0.05) is 12.5 Å². The van der Waals surface area contributed by atoms with Gasteiger partial charge in [0.2, 0.25) is 5.91 Å². The number of carbonyl (C=O) groups is 2. The standard InChI is InChI=1S/C19H16N4O4.CH4O3S/c1-11(24)21-9-17-15-10-26-16-7-12(13-4-6-18(20-2)22-8-13)3-5-14(16)23(15)19(25)27-17;1-5(2,3)4/h3-8,15,17H,9-10H2,1H3,(H,21,24);1H3,(H,2,3,4)/t15-,17-;/m0./s1. The van der Waals surface area contributed by atoms with Crippen molar-refractivity contribution in [1.82, 2.24) is 10.3 Å². The maximum atomic E-state index is 12.3. The first kappa shape index (κ1) is 23.0. The average Bonchev–Trinajstić information content (AvgIpc) is 3.06. The molecule has 32 heavy (non-hydrogen) atoms. The molecule has 2 atom stereocenters. The van der Waals surface area contributed by atoms with E-state index in [1.54, 1.807) is 17.2 Å². The lowest BCUT2D eigenvalue weighted by atomic mass is 10.0. The van der Waals surface area contributed by atoms with Crippen LogP contribution in [-0.2, 0) is 19.6 Å².